The largest absolute Gasteiger partial charge is 0.378 e. The number of halogens is 2. The second kappa shape index (κ2) is 5.28. The lowest BCUT2D eigenvalue weighted by Crippen LogP contribution is -2.17. The van der Waals surface area contributed by atoms with E-state index in [4.69, 9.17) is 4.74 Å². The highest BCUT2D eigenvalue weighted by atomic mass is 79.9. The van der Waals surface area contributed by atoms with Gasteiger partial charge in [-0.3, -0.25) is 0 Å². The fourth-order valence-corrected chi connectivity index (χ4v) is 2.90. The van der Waals surface area contributed by atoms with Crippen LogP contribution in [0.4, 0.5) is 4.39 Å². The van der Waals surface area contributed by atoms with Crippen molar-refractivity contribution in [2.75, 3.05) is 6.61 Å². The smallest absolute Gasteiger partial charge is 0.123 e. The molecule has 0 aliphatic carbocycles. The van der Waals surface area contributed by atoms with Gasteiger partial charge in [0.1, 0.15) is 5.82 Å². The highest BCUT2D eigenvalue weighted by Gasteiger charge is 2.27. The molecule has 1 aliphatic rings. The zero-order valence-corrected chi connectivity index (χ0v) is 10.9. The molecule has 1 heterocycles. The van der Waals surface area contributed by atoms with E-state index in [-0.39, 0.29) is 5.82 Å². The first-order valence-corrected chi connectivity index (χ1v) is 6.57. The van der Waals surface area contributed by atoms with E-state index in [1.54, 1.807) is 12.1 Å². The molecule has 3 atom stereocenters. The van der Waals surface area contributed by atoms with Gasteiger partial charge in [0.2, 0.25) is 0 Å². The molecule has 3 heteroatoms. The second-order valence-corrected chi connectivity index (χ2v) is 5.67. The van der Waals surface area contributed by atoms with Gasteiger partial charge in [0.15, 0.2) is 0 Å². The molecular formula is C13H16BrFO. The van der Waals surface area contributed by atoms with Gasteiger partial charge in [-0.1, -0.05) is 28.1 Å². The van der Waals surface area contributed by atoms with Crippen LogP contribution in [-0.4, -0.2) is 17.5 Å². The van der Waals surface area contributed by atoms with Gasteiger partial charge in [-0.25, -0.2) is 4.39 Å². The average Bonchev–Trinajstić information content (AvgIpc) is 2.65. The number of benzene rings is 1. The van der Waals surface area contributed by atoms with Crippen LogP contribution in [0.2, 0.25) is 0 Å². The summed E-state index contributed by atoms with van der Waals surface area (Å²) in [6.45, 7) is 2.91. The molecule has 1 fully saturated rings. The summed E-state index contributed by atoms with van der Waals surface area (Å²) in [7, 11) is 0. The van der Waals surface area contributed by atoms with Crippen molar-refractivity contribution in [2.45, 2.75) is 30.7 Å². The molecule has 1 aromatic rings. The van der Waals surface area contributed by atoms with E-state index in [1.807, 2.05) is 6.07 Å². The van der Waals surface area contributed by atoms with E-state index in [2.05, 4.69) is 22.9 Å². The monoisotopic (exact) mass is 286 g/mol. The third kappa shape index (κ3) is 3.05. The van der Waals surface area contributed by atoms with Crippen LogP contribution >= 0.6 is 15.9 Å². The minimum absolute atomic E-state index is 0.159. The molecule has 1 aromatic carbocycles. The van der Waals surface area contributed by atoms with Gasteiger partial charge < -0.3 is 4.74 Å². The predicted octanol–water partition coefficient (Wildman–Crippen LogP) is 3.56. The van der Waals surface area contributed by atoms with Crippen LogP contribution in [-0.2, 0) is 11.2 Å². The molecule has 1 nitrogen and oxygen atoms in total. The van der Waals surface area contributed by atoms with Crippen molar-refractivity contribution in [3.8, 4) is 0 Å². The maximum Gasteiger partial charge on any atom is 0.123 e. The minimum Gasteiger partial charge on any atom is -0.378 e. The summed E-state index contributed by atoms with van der Waals surface area (Å²) in [5.74, 6) is 0.381. The van der Waals surface area contributed by atoms with Crippen molar-refractivity contribution < 1.29 is 9.13 Å². The zero-order chi connectivity index (χ0) is 11.5. The van der Waals surface area contributed by atoms with Gasteiger partial charge in [0.05, 0.1) is 12.7 Å². The SMILES string of the molecule is CC1CC(C(Br)Cc2cccc(F)c2)CO1. The molecule has 1 saturated heterocycles. The van der Waals surface area contributed by atoms with Crippen molar-refractivity contribution in [2.24, 2.45) is 5.92 Å². The highest BCUT2D eigenvalue weighted by molar-refractivity contribution is 9.09. The van der Waals surface area contributed by atoms with E-state index >= 15 is 0 Å². The average molecular weight is 287 g/mol. The molecule has 16 heavy (non-hydrogen) atoms. The Morgan fingerprint density at radius 3 is 3.00 bits per heavy atom. The number of ether oxygens (including phenoxy) is 1. The molecule has 0 bridgehead atoms. The van der Waals surface area contributed by atoms with Crippen molar-refractivity contribution >= 4 is 15.9 Å². The van der Waals surface area contributed by atoms with Crippen LogP contribution in [0.5, 0.6) is 0 Å². The van der Waals surface area contributed by atoms with Crippen molar-refractivity contribution in [1.29, 1.82) is 0 Å². The molecule has 88 valence electrons. The van der Waals surface area contributed by atoms with Crippen molar-refractivity contribution in [1.82, 2.24) is 0 Å². The molecule has 0 radical (unpaired) electrons. The summed E-state index contributed by atoms with van der Waals surface area (Å²) in [4.78, 5) is 0.374. The molecule has 2 rings (SSSR count). The van der Waals surface area contributed by atoms with E-state index in [1.165, 1.54) is 6.07 Å². The van der Waals surface area contributed by atoms with E-state index in [0.717, 1.165) is 25.0 Å². The lowest BCUT2D eigenvalue weighted by Gasteiger charge is -2.15. The fraction of sp³-hybridized carbons (Fsp3) is 0.538. The Labute approximate surface area is 104 Å². The Bertz CT molecular complexity index is 356. The van der Waals surface area contributed by atoms with Crippen LogP contribution in [0.3, 0.4) is 0 Å². The summed E-state index contributed by atoms with van der Waals surface area (Å²) in [6.07, 6.45) is 2.31. The predicted molar refractivity (Wildman–Crippen MR) is 66.3 cm³/mol. The topological polar surface area (TPSA) is 9.23 Å². The normalized spacial score (nSPS) is 26.9. The fourth-order valence-electron chi connectivity index (χ4n) is 2.16. The number of hydrogen-bond donors (Lipinski definition) is 0. The van der Waals surface area contributed by atoms with Crippen LogP contribution in [0.1, 0.15) is 18.9 Å². The minimum atomic E-state index is -0.159. The maximum absolute atomic E-state index is 13.0. The molecule has 0 saturated carbocycles. The van der Waals surface area contributed by atoms with Gasteiger partial charge >= 0.3 is 0 Å². The van der Waals surface area contributed by atoms with Crippen LogP contribution in [0.25, 0.3) is 0 Å². The summed E-state index contributed by atoms with van der Waals surface area (Å²) in [5.41, 5.74) is 1.04. The Morgan fingerprint density at radius 1 is 1.56 bits per heavy atom. The molecule has 1 aliphatic heterocycles. The Balaban J connectivity index is 1.94. The lowest BCUT2D eigenvalue weighted by molar-refractivity contribution is 0.120. The van der Waals surface area contributed by atoms with Crippen LogP contribution < -0.4 is 0 Å². The molecule has 3 unspecified atom stereocenters. The number of alkyl halides is 1. The maximum atomic E-state index is 13.0. The first kappa shape index (κ1) is 12.1. The van der Waals surface area contributed by atoms with E-state index < -0.39 is 0 Å². The Morgan fingerprint density at radius 2 is 2.38 bits per heavy atom. The van der Waals surface area contributed by atoms with Crippen molar-refractivity contribution in [3.63, 3.8) is 0 Å². The highest BCUT2D eigenvalue weighted by Crippen LogP contribution is 2.28. The van der Waals surface area contributed by atoms with E-state index in [9.17, 15) is 4.39 Å². The van der Waals surface area contributed by atoms with Gasteiger partial charge in [-0.05, 0) is 43.4 Å². The summed E-state index contributed by atoms with van der Waals surface area (Å²) in [6, 6.07) is 6.82. The number of rotatable bonds is 3. The summed E-state index contributed by atoms with van der Waals surface area (Å²) in [5, 5.41) is 0. The summed E-state index contributed by atoms with van der Waals surface area (Å²) < 4.78 is 18.6. The molecule has 0 N–H and O–H groups in total. The quantitative estimate of drug-likeness (QED) is 0.772. The standard InChI is InChI=1S/C13H16BrFO/c1-9-5-11(8-16-9)13(14)7-10-3-2-4-12(15)6-10/h2-4,6,9,11,13H,5,7-8H2,1H3. The Kier molecular flexibility index (Phi) is 3.98. The first-order valence-electron chi connectivity index (χ1n) is 5.65. The van der Waals surface area contributed by atoms with Gasteiger partial charge in [0, 0.05) is 4.83 Å². The first-order chi connectivity index (χ1) is 7.65. The van der Waals surface area contributed by atoms with Crippen molar-refractivity contribution in [3.05, 3.63) is 35.6 Å². The third-order valence-corrected chi connectivity index (χ3v) is 4.13. The number of hydrogen-bond acceptors (Lipinski definition) is 1. The Hall–Kier alpha value is -0.410. The zero-order valence-electron chi connectivity index (χ0n) is 9.33. The van der Waals surface area contributed by atoms with Crippen LogP contribution in [0.15, 0.2) is 24.3 Å². The summed E-state index contributed by atoms with van der Waals surface area (Å²) >= 11 is 3.69. The molecular weight excluding hydrogens is 271 g/mol. The molecule has 0 aromatic heterocycles. The van der Waals surface area contributed by atoms with E-state index in [0.29, 0.717) is 16.8 Å². The van der Waals surface area contributed by atoms with Crippen LogP contribution in [0, 0.1) is 11.7 Å². The second-order valence-electron chi connectivity index (χ2n) is 4.49. The van der Waals surface area contributed by atoms with Gasteiger partial charge in [0.25, 0.3) is 0 Å². The molecule has 0 amide bonds. The van der Waals surface area contributed by atoms with Gasteiger partial charge in [-0.15, -0.1) is 0 Å². The lowest BCUT2D eigenvalue weighted by atomic mass is 9.97. The third-order valence-electron chi connectivity index (χ3n) is 3.06. The molecule has 0 spiro atoms. The van der Waals surface area contributed by atoms with Gasteiger partial charge in [-0.2, -0.15) is 0 Å².